The molecule has 0 aliphatic carbocycles. The molecule has 3 heteroatoms. The van der Waals surface area contributed by atoms with Gasteiger partial charge < -0.3 is 10.8 Å². The summed E-state index contributed by atoms with van der Waals surface area (Å²) in [6, 6.07) is 0. The molecule has 34 valence electrons. The van der Waals surface area contributed by atoms with Gasteiger partial charge in [0.25, 0.3) is 0 Å². The fourth-order valence-electron chi connectivity index (χ4n) is 0.108. The second-order valence-electron chi connectivity index (χ2n) is 0.914. The summed E-state index contributed by atoms with van der Waals surface area (Å²) in [4.78, 5) is 0. The third-order valence-electron chi connectivity index (χ3n) is 0.289. The van der Waals surface area contributed by atoms with E-state index in [1.807, 2.05) is 0 Å². The van der Waals surface area contributed by atoms with Crippen molar-refractivity contribution in [2.24, 2.45) is 0 Å². The van der Waals surface area contributed by atoms with Gasteiger partial charge in [0.15, 0.2) is 0 Å². The minimum absolute atomic E-state index is 0.296. The number of nitrogens with one attached hydrogen (secondary N) is 2. The lowest BCUT2D eigenvalue weighted by atomic mass is 10.9. The highest BCUT2D eigenvalue weighted by molar-refractivity contribution is 7.71. The second-order valence-corrected chi connectivity index (χ2v) is 2.24. The van der Waals surface area contributed by atoms with Gasteiger partial charge >= 0.3 is 0 Å². The summed E-state index contributed by atoms with van der Waals surface area (Å²) in [5.41, 5.74) is 0.574. The largest absolute Gasteiger partial charge is 0.308 e. The zero-order chi connectivity index (χ0) is 4.99. The van der Waals surface area contributed by atoms with Crippen molar-refractivity contribution in [3.63, 3.8) is 0 Å². The van der Waals surface area contributed by atoms with Crippen LogP contribution in [0.3, 0.4) is 0 Å². The molecule has 0 saturated heterocycles. The van der Waals surface area contributed by atoms with Gasteiger partial charge in [-0.25, -0.2) is 0 Å². The Labute approximate surface area is 38.8 Å². The van der Waals surface area contributed by atoms with Crippen LogP contribution in [0.1, 0.15) is 6.92 Å². The normalized spacial score (nSPS) is 9.50. The van der Waals surface area contributed by atoms with E-state index in [-0.39, 0.29) is 0 Å². The Balaban J connectivity index is 3.05. The molecule has 0 aromatic rings. The molecule has 0 aliphatic heterocycles. The maximum atomic E-state index is 6.76. The Kier molecular flexibility index (Phi) is 2.87. The molecule has 0 radical (unpaired) electrons. The van der Waals surface area contributed by atoms with E-state index in [0.29, 0.717) is 14.0 Å². The molecule has 6 heavy (non-hydrogen) atoms. The number of rotatable bonds is 2. The van der Waals surface area contributed by atoms with Gasteiger partial charge in [-0.05, 0) is 15.5 Å². The van der Waals surface area contributed by atoms with E-state index < -0.39 is 0 Å². The van der Waals surface area contributed by atoms with Crippen LogP contribution in [0.4, 0.5) is 0 Å². The highest BCUT2D eigenvalue weighted by Gasteiger charge is 1.75. The van der Waals surface area contributed by atoms with Crippen molar-refractivity contribution in [1.82, 2.24) is 0 Å². The highest BCUT2D eigenvalue weighted by atomic mass is 31.1. The third kappa shape index (κ3) is 3.77. The van der Waals surface area contributed by atoms with Gasteiger partial charge in [-0.1, -0.05) is 0 Å². The zero-order valence-electron chi connectivity index (χ0n) is 3.58. The molecule has 0 aliphatic rings. The van der Waals surface area contributed by atoms with Crippen LogP contribution in [0.15, 0.2) is 0 Å². The molecule has 0 aromatic heterocycles. The van der Waals surface area contributed by atoms with Crippen LogP contribution in [-0.4, -0.2) is 11.4 Å². The van der Waals surface area contributed by atoms with Crippen LogP contribution in [0, 0.1) is 10.8 Å². The number of hydrogen-bond donors (Lipinski definition) is 2. The Bertz CT molecular complexity index is 69.2. The van der Waals surface area contributed by atoms with Gasteiger partial charge in [0.1, 0.15) is 0 Å². The van der Waals surface area contributed by atoms with Crippen molar-refractivity contribution in [3.8, 4) is 0 Å². The summed E-state index contributed by atoms with van der Waals surface area (Å²) in [5, 5.41) is 13.2. The van der Waals surface area contributed by atoms with Crippen LogP contribution in [0.25, 0.3) is 0 Å². The summed E-state index contributed by atoms with van der Waals surface area (Å²) in [6.07, 6.45) is 0. The van der Waals surface area contributed by atoms with Crippen molar-refractivity contribution >= 4 is 20.0 Å². The second kappa shape index (κ2) is 2.98. The van der Waals surface area contributed by atoms with Crippen molar-refractivity contribution in [2.75, 3.05) is 0 Å². The summed E-state index contributed by atoms with van der Waals surface area (Å²) in [5.74, 6) is 1.25. The molecule has 0 rings (SSSR count). The van der Waals surface area contributed by atoms with Gasteiger partial charge in [0.2, 0.25) is 0 Å². The maximum Gasteiger partial charge on any atom is 0.0311 e. The standard InChI is InChI=1S/C3H7N2P/c1-3(5)6-2-4/h2,4-6H,1H3. The van der Waals surface area contributed by atoms with Gasteiger partial charge in [0.05, 0.1) is 0 Å². The average Bonchev–Trinajstić information content (AvgIpc) is 1.35. The molecule has 2 N–H and O–H groups in total. The van der Waals surface area contributed by atoms with Crippen molar-refractivity contribution in [2.45, 2.75) is 6.92 Å². The van der Waals surface area contributed by atoms with E-state index in [1.165, 1.54) is 5.96 Å². The number of hydrogen-bond acceptors (Lipinski definition) is 2. The fraction of sp³-hybridized carbons (Fsp3) is 0.333. The molecule has 0 amide bonds. The Hall–Kier alpha value is -0.230. The first-order valence-electron chi connectivity index (χ1n) is 1.58. The molecule has 2 nitrogen and oxygen atoms in total. The lowest BCUT2D eigenvalue weighted by Crippen LogP contribution is -1.70. The molecule has 0 bridgehead atoms. The quantitative estimate of drug-likeness (QED) is 0.389. The third-order valence-corrected chi connectivity index (χ3v) is 0.866. The fourth-order valence-corrected chi connectivity index (χ4v) is 0.325. The van der Waals surface area contributed by atoms with Crippen LogP contribution in [0.5, 0.6) is 0 Å². The first-order valence-corrected chi connectivity index (χ1v) is 2.65. The van der Waals surface area contributed by atoms with Crippen LogP contribution < -0.4 is 0 Å². The molecule has 0 heterocycles. The average molecular weight is 102 g/mol. The minimum Gasteiger partial charge on any atom is -0.308 e. The van der Waals surface area contributed by atoms with E-state index in [1.54, 1.807) is 6.92 Å². The van der Waals surface area contributed by atoms with E-state index >= 15 is 0 Å². The Morgan fingerprint density at radius 2 is 2.33 bits per heavy atom. The van der Waals surface area contributed by atoms with E-state index in [4.69, 9.17) is 10.8 Å². The van der Waals surface area contributed by atoms with Gasteiger partial charge in [-0.15, -0.1) is 0 Å². The summed E-state index contributed by atoms with van der Waals surface area (Å²) >= 11 is 0. The molecule has 0 fully saturated rings. The monoisotopic (exact) mass is 102 g/mol. The predicted molar refractivity (Wildman–Crippen MR) is 30.5 cm³/mol. The SMILES string of the molecule is CC(=N)PC=N. The summed E-state index contributed by atoms with van der Waals surface area (Å²) < 4.78 is 0. The van der Waals surface area contributed by atoms with Crippen molar-refractivity contribution in [1.29, 1.82) is 10.8 Å². The summed E-state index contributed by atoms with van der Waals surface area (Å²) in [7, 11) is 0.296. The molecule has 0 saturated carbocycles. The van der Waals surface area contributed by atoms with E-state index in [9.17, 15) is 0 Å². The molecular weight excluding hydrogens is 95.0 g/mol. The molecule has 0 spiro atoms. The highest BCUT2D eigenvalue weighted by Crippen LogP contribution is 2.02. The molecule has 1 unspecified atom stereocenters. The van der Waals surface area contributed by atoms with E-state index in [2.05, 4.69) is 0 Å². The predicted octanol–water partition coefficient (Wildman–Crippen LogP) is 1.27. The van der Waals surface area contributed by atoms with E-state index in [0.717, 1.165) is 0 Å². The molecular formula is C3H7N2P. The van der Waals surface area contributed by atoms with Crippen molar-refractivity contribution < 1.29 is 0 Å². The molecule has 0 aromatic carbocycles. The Morgan fingerprint density at radius 3 is 2.33 bits per heavy atom. The van der Waals surface area contributed by atoms with Gasteiger partial charge in [-0.3, -0.25) is 0 Å². The van der Waals surface area contributed by atoms with Crippen molar-refractivity contribution in [3.05, 3.63) is 0 Å². The maximum absolute atomic E-state index is 6.76. The Morgan fingerprint density at radius 1 is 1.83 bits per heavy atom. The van der Waals surface area contributed by atoms with Gasteiger partial charge in [0, 0.05) is 11.4 Å². The summed E-state index contributed by atoms with van der Waals surface area (Å²) in [6.45, 7) is 1.70. The zero-order valence-corrected chi connectivity index (χ0v) is 4.58. The molecule has 1 atom stereocenters. The minimum atomic E-state index is 0.296. The first-order chi connectivity index (χ1) is 2.77. The first kappa shape index (κ1) is 5.77. The lowest BCUT2D eigenvalue weighted by Gasteiger charge is -1.79. The topological polar surface area (TPSA) is 47.7 Å². The van der Waals surface area contributed by atoms with Crippen LogP contribution >= 0.6 is 8.58 Å². The van der Waals surface area contributed by atoms with Crippen LogP contribution in [-0.2, 0) is 0 Å². The smallest absolute Gasteiger partial charge is 0.0311 e. The van der Waals surface area contributed by atoms with Crippen LogP contribution in [0.2, 0.25) is 0 Å². The lowest BCUT2D eigenvalue weighted by molar-refractivity contribution is 1.53. The van der Waals surface area contributed by atoms with Gasteiger partial charge in [-0.2, -0.15) is 0 Å².